The summed E-state index contributed by atoms with van der Waals surface area (Å²) in [5, 5.41) is 11.6. The van der Waals surface area contributed by atoms with Crippen LogP contribution in [-0.4, -0.2) is 66.7 Å². The van der Waals surface area contributed by atoms with Crippen LogP contribution in [0.2, 0.25) is 0 Å². The molecule has 1 aliphatic rings. The Morgan fingerprint density at radius 1 is 1.15 bits per heavy atom. The van der Waals surface area contributed by atoms with Gasteiger partial charge in [-0.2, -0.15) is 0 Å². The van der Waals surface area contributed by atoms with Crippen molar-refractivity contribution in [2.24, 2.45) is 5.73 Å². The number of carbonyl (C=O) groups excluding carboxylic acids is 2. The molecule has 2 aromatic rings. The van der Waals surface area contributed by atoms with Gasteiger partial charge >= 0.3 is 0 Å². The smallest absolute Gasteiger partial charge is 0.251 e. The molecule has 0 aliphatic carbocycles. The van der Waals surface area contributed by atoms with Crippen molar-refractivity contribution in [1.29, 1.82) is 0 Å². The van der Waals surface area contributed by atoms with E-state index in [0.717, 1.165) is 44.0 Å². The summed E-state index contributed by atoms with van der Waals surface area (Å²) in [7, 11) is 0. The fourth-order valence-electron chi connectivity index (χ4n) is 3.55. The van der Waals surface area contributed by atoms with Crippen molar-refractivity contribution in [1.82, 2.24) is 10.2 Å². The van der Waals surface area contributed by atoms with E-state index in [1.165, 1.54) is 5.56 Å². The minimum absolute atomic E-state index is 0.400. The zero-order chi connectivity index (χ0) is 24.3. The molecule has 7 nitrogen and oxygen atoms in total. The number of nitrogens with one attached hydrogen (secondary N) is 1. The Bertz CT molecular complexity index is 1040. The number of nitrogens with two attached hydrogens (primary N) is 1. The van der Waals surface area contributed by atoms with Gasteiger partial charge in [-0.3, -0.25) is 14.5 Å². The number of ether oxygens (including phenoxy) is 1. The summed E-state index contributed by atoms with van der Waals surface area (Å²) >= 11 is 0. The molecule has 7 heteroatoms. The molecule has 1 aliphatic heterocycles. The van der Waals surface area contributed by atoms with Crippen LogP contribution in [0.1, 0.15) is 34.0 Å². The highest BCUT2D eigenvalue weighted by Crippen LogP contribution is 2.10. The first kappa shape index (κ1) is 25.3. The number of aliphatic hydroxyl groups is 1. The second-order valence-corrected chi connectivity index (χ2v) is 8.24. The average molecular weight is 462 g/mol. The van der Waals surface area contributed by atoms with Crippen LogP contribution >= 0.6 is 0 Å². The molecule has 2 aromatic carbocycles. The molecule has 0 spiro atoms. The molecule has 1 fully saturated rings. The van der Waals surface area contributed by atoms with Crippen molar-refractivity contribution in [3.8, 4) is 11.8 Å². The Labute approximate surface area is 200 Å². The number of morpholine rings is 1. The number of benzene rings is 2. The van der Waals surface area contributed by atoms with E-state index in [0.29, 0.717) is 5.56 Å². The second-order valence-electron chi connectivity index (χ2n) is 8.24. The monoisotopic (exact) mass is 461 g/mol. The highest BCUT2D eigenvalue weighted by atomic mass is 16.5. The van der Waals surface area contributed by atoms with Crippen molar-refractivity contribution in [2.45, 2.75) is 25.6 Å². The van der Waals surface area contributed by atoms with Crippen LogP contribution in [0.5, 0.6) is 0 Å². The minimum Gasteiger partial charge on any atom is -0.388 e. The second kappa shape index (κ2) is 12.8. The maximum absolute atomic E-state index is 12.4. The van der Waals surface area contributed by atoms with Crippen molar-refractivity contribution >= 4 is 17.8 Å². The third kappa shape index (κ3) is 7.65. The number of hydrogen-bond acceptors (Lipinski definition) is 6. The topological polar surface area (TPSA) is 105 Å². The van der Waals surface area contributed by atoms with Crippen LogP contribution in [0.3, 0.4) is 0 Å². The zero-order valence-corrected chi connectivity index (χ0v) is 19.4. The number of hydrogen-bond donors (Lipinski definition) is 3. The summed E-state index contributed by atoms with van der Waals surface area (Å²) in [5.41, 5.74) is 9.25. The number of carbonyl (C=O) groups is 2. The van der Waals surface area contributed by atoms with Crippen LogP contribution in [0.15, 0.2) is 54.6 Å². The average Bonchev–Trinajstić information content (AvgIpc) is 2.86. The van der Waals surface area contributed by atoms with E-state index in [-0.39, 0.29) is 0 Å². The van der Waals surface area contributed by atoms with Gasteiger partial charge in [0.15, 0.2) is 5.78 Å². The zero-order valence-electron chi connectivity index (χ0n) is 19.4. The van der Waals surface area contributed by atoms with Gasteiger partial charge in [0, 0.05) is 36.8 Å². The SMILES string of the molecule is C[C@@H](N)[C@H](NC(=O)c1ccc(C=CC#Cc2ccc(CN3CCOCC3)cc2)cc1)C(=O)CO. The van der Waals surface area contributed by atoms with Gasteiger partial charge in [0.1, 0.15) is 12.6 Å². The standard InChI is InChI=1S/C27H31N3O4/c1-20(28)26(25(32)19-31)29-27(33)24-12-10-22(11-13-24)5-3-2-4-21-6-8-23(9-7-21)18-30-14-16-34-17-15-30/h3,5-13,20,26,31H,14-19,28H2,1H3,(H,29,33)/t20-,26+/m1/s1. The first-order valence-corrected chi connectivity index (χ1v) is 11.3. The molecule has 4 N–H and O–H groups in total. The van der Waals surface area contributed by atoms with E-state index in [2.05, 4.69) is 34.2 Å². The Morgan fingerprint density at radius 3 is 2.44 bits per heavy atom. The highest BCUT2D eigenvalue weighted by molar-refractivity contribution is 5.98. The van der Waals surface area contributed by atoms with Crippen molar-refractivity contribution in [3.63, 3.8) is 0 Å². The van der Waals surface area contributed by atoms with Gasteiger partial charge in [0.2, 0.25) is 0 Å². The lowest BCUT2D eigenvalue weighted by Gasteiger charge is -2.26. The molecule has 0 radical (unpaired) electrons. The highest BCUT2D eigenvalue weighted by Gasteiger charge is 2.24. The van der Waals surface area contributed by atoms with Gasteiger partial charge in [0.05, 0.1) is 13.2 Å². The lowest BCUT2D eigenvalue weighted by molar-refractivity contribution is -0.123. The predicted molar refractivity (Wildman–Crippen MR) is 132 cm³/mol. The molecule has 34 heavy (non-hydrogen) atoms. The van der Waals surface area contributed by atoms with E-state index in [1.54, 1.807) is 37.3 Å². The number of Topliss-reactive ketones (excluding diaryl/α,β-unsaturated/α-hetero) is 1. The molecule has 0 unspecified atom stereocenters. The summed E-state index contributed by atoms with van der Waals surface area (Å²) in [6, 6.07) is 13.7. The maximum atomic E-state index is 12.4. The van der Waals surface area contributed by atoms with Crippen molar-refractivity contribution in [3.05, 3.63) is 76.9 Å². The van der Waals surface area contributed by atoms with Crippen LogP contribution in [0, 0.1) is 11.8 Å². The summed E-state index contributed by atoms with van der Waals surface area (Å²) in [4.78, 5) is 26.5. The number of amides is 1. The largest absolute Gasteiger partial charge is 0.388 e. The van der Waals surface area contributed by atoms with Gasteiger partial charge in [0.25, 0.3) is 5.91 Å². The Hall–Kier alpha value is -3.28. The van der Waals surface area contributed by atoms with Crippen LogP contribution in [-0.2, 0) is 16.1 Å². The molecule has 1 heterocycles. The van der Waals surface area contributed by atoms with E-state index < -0.39 is 30.4 Å². The van der Waals surface area contributed by atoms with E-state index >= 15 is 0 Å². The fourth-order valence-corrected chi connectivity index (χ4v) is 3.55. The van der Waals surface area contributed by atoms with E-state index in [9.17, 15) is 9.59 Å². The van der Waals surface area contributed by atoms with Crippen molar-refractivity contribution < 1.29 is 19.4 Å². The number of ketones is 1. The molecule has 0 bridgehead atoms. The van der Waals surface area contributed by atoms with Gasteiger partial charge in [-0.1, -0.05) is 36.1 Å². The maximum Gasteiger partial charge on any atom is 0.251 e. The lowest BCUT2D eigenvalue weighted by atomic mass is 10.0. The molecule has 2 atom stereocenters. The molecular formula is C27H31N3O4. The summed E-state index contributed by atoms with van der Waals surface area (Å²) in [5.74, 6) is 5.22. The molecule has 1 saturated heterocycles. The fraction of sp³-hybridized carbons (Fsp3) is 0.333. The Balaban J connectivity index is 1.52. The molecule has 1 amide bonds. The molecule has 178 valence electrons. The summed E-state index contributed by atoms with van der Waals surface area (Å²) in [6.07, 6.45) is 3.63. The summed E-state index contributed by atoms with van der Waals surface area (Å²) in [6.45, 7) is 5.39. The van der Waals surface area contributed by atoms with Crippen LogP contribution < -0.4 is 11.1 Å². The molecule has 0 saturated carbocycles. The normalized spacial score (nSPS) is 15.9. The van der Waals surface area contributed by atoms with Gasteiger partial charge in [-0.25, -0.2) is 0 Å². The van der Waals surface area contributed by atoms with Gasteiger partial charge in [-0.15, -0.1) is 0 Å². The van der Waals surface area contributed by atoms with Crippen LogP contribution in [0.25, 0.3) is 6.08 Å². The first-order valence-electron chi connectivity index (χ1n) is 11.3. The quantitative estimate of drug-likeness (QED) is 0.516. The number of aliphatic hydroxyl groups excluding tert-OH is 1. The van der Waals surface area contributed by atoms with E-state index in [4.69, 9.17) is 15.6 Å². The lowest BCUT2D eigenvalue weighted by Crippen LogP contribution is -2.52. The number of allylic oxidation sites excluding steroid dienone is 1. The predicted octanol–water partition coefficient (Wildman–Crippen LogP) is 1.59. The third-order valence-electron chi connectivity index (χ3n) is 5.53. The minimum atomic E-state index is -0.930. The molecule has 3 rings (SSSR count). The van der Waals surface area contributed by atoms with Crippen LogP contribution in [0.4, 0.5) is 0 Å². The van der Waals surface area contributed by atoms with Gasteiger partial charge in [-0.05, 0) is 54.5 Å². The number of rotatable bonds is 8. The van der Waals surface area contributed by atoms with E-state index in [1.807, 2.05) is 18.2 Å². The number of nitrogens with zero attached hydrogens (tertiary/aromatic N) is 1. The molecular weight excluding hydrogens is 430 g/mol. The van der Waals surface area contributed by atoms with Crippen molar-refractivity contribution in [2.75, 3.05) is 32.9 Å². The Morgan fingerprint density at radius 2 is 1.82 bits per heavy atom. The Kier molecular flexibility index (Phi) is 9.56. The third-order valence-corrected chi connectivity index (χ3v) is 5.53. The first-order chi connectivity index (χ1) is 16.5. The van der Waals surface area contributed by atoms with Gasteiger partial charge < -0.3 is 20.9 Å². The summed E-state index contributed by atoms with van der Waals surface area (Å²) < 4.78 is 5.39. The molecule has 0 aromatic heterocycles.